The van der Waals surface area contributed by atoms with Crippen molar-refractivity contribution in [1.82, 2.24) is 15.2 Å². The van der Waals surface area contributed by atoms with E-state index in [1.807, 2.05) is 30.3 Å². The fourth-order valence-electron chi connectivity index (χ4n) is 3.93. The van der Waals surface area contributed by atoms with Crippen LogP contribution in [0.25, 0.3) is 33.3 Å². The fraction of sp³-hybridized carbons (Fsp3) is 0.0385. The Morgan fingerprint density at radius 3 is 2.42 bits per heavy atom. The van der Waals surface area contributed by atoms with Crippen molar-refractivity contribution in [1.29, 1.82) is 0 Å². The highest BCUT2D eigenvalue weighted by Gasteiger charge is 2.26. The predicted octanol–water partition coefficient (Wildman–Crippen LogP) is 6.77. The number of para-hydroxylation sites is 1. The monoisotopic (exact) mass is 456 g/mol. The Bertz CT molecular complexity index is 1460. The molecule has 0 bridgehead atoms. The Morgan fingerprint density at radius 1 is 0.970 bits per heavy atom. The van der Waals surface area contributed by atoms with E-state index in [2.05, 4.69) is 15.2 Å². The zero-order chi connectivity index (χ0) is 22.9. The Balaban J connectivity index is 1.81. The molecular weight excluding hydrogens is 439 g/mol. The summed E-state index contributed by atoms with van der Waals surface area (Å²) in [4.78, 5) is 18.8. The molecule has 1 N–H and O–H groups in total. The maximum absolute atomic E-state index is 13.6. The van der Waals surface area contributed by atoms with Crippen molar-refractivity contribution in [3.63, 3.8) is 0 Å². The second kappa shape index (κ2) is 8.48. The van der Waals surface area contributed by atoms with E-state index < -0.39 is 0 Å². The first-order chi connectivity index (χ1) is 16.0. The van der Waals surface area contributed by atoms with E-state index in [-0.39, 0.29) is 11.7 Å². The van der Waals surface area contributed by atoms with Crippen LogP contribution in [-0.2, 0) is 4.79 Å². The first-order valence-corrected chi connectivity index (χ1v) is 10.7. The molecule has 33 heavy (non-hydrogen) atoms. The van der Waals surface area contributed by atoms with E-state index in [0.29, 0.717) is 27.8 Å². The third-order valence-electron chi connectivity index (χ3n) is 5.41. The number of amides is 1. The largest absolute Gasteiger partial charge is 0.275 e. The summed E-state index contributed by atoms with van der Waals surface area (Å²) in [6.07, 6.45) is 1.73. The van der Waals surface area contributed by atoms with Gasteiger partial charge in [0.1, 0.15) is 5.82 Å². The number of carbonyl (C=O) groups excluding carboxylic acids is 1. The van der Waals surface area contributed by atoms with E-state index in [1.54, 1.807) is 42.6 Å². The number of hydrogen-bond acceptors (Lipinski definition) is 3. The van der Waals surface area contributed by atoms with Crippen LogP contribution < -0.4 is 4.90 Å². The molecule has 2 heterocycles. The van der Waals surface area contributed by atoms with Crippen molar-refractivity contribution in [2.24, 2.45) is 0 Å². The van der Waals surface area contributed by atoms with Gasteiger partial charge < -0.3 is 0 Å². The Hall–Kier alpha value is -4.03. The predicted molar refractivity (Wildman–Crippen MR) is 129 cm³/mol. The van der Waals surface area contributed by atoms with Gasteiger partial charge in [-0.15, -0.1) is 0 Å². The number of benzene rings is 3. The molecule has 0 saturated carbocycles. The van der Waals surface area contributed by atoms with Gasteiger partial charge in [-0.25, -0.2) is 4.39 Å². The van der Waals surface area contributed by atoms with Crippen LogP contribution in [0.4, 0.5) is 15.9 Å². The van der Waals surface area contributed by atoms with E-state index in [1.165, 1.54) is 24.0 Å². The number of aromatic nitrogens is 3. The summed E-state index contributed by atoms with van der Waals surface area (Å²) in [6, 6.07) is 22.8. The molecule has 0 fully saturated rings. The lowest BCUT2D eigenvalue weighted by molar-refractivity contribution is -0.115. The number of nitrogens with zero attached hydrogens (tertiary/aromatic N) is 3. The summed E-state index contributed by atoms with van der Waals surface area (Å²) in [7, 11) is 0. The Labute approximate surface area is 194 Å². The number of fused-ring (bicyclic) bond motifs is 1. The number of hydrogen-bond donors (Lipinski definition) is 1. The maximum Gasteiger partial charge on any atom is 0.229 e. The van der Waals surface area contributed by atoms with Crippen LogP contribution in [0.2, 0.25) is 5.02 Å². The Kier molecular flexibility index (Phi) is 5.36. The SMILES string of the molecule is CC(=O)N(c1ccc(Cl)cc1)c1n[nH]c(-c2ccc(F)cc2)c1-c1ccnc2ccccc12. The molecule has 0 spiro atoms. The van der Waals surface area contributed by atoms with Crippen LogP contribution in [0.1, 0.15) is 6.92 Å². The summed E-state index contributed by atoms with van der Waals surface area (Å²) in [6.45, 7) is 1.48. The minimum atomic E-state index is -0.332. The molecule has 0 atom stereocenters. The first kappa shape index (κ1) is 20.8. The minimum Gasteiger partial charge on any atom is -0.275 e. The quantitative estimate of drug-likeness (QED) is 0.324. The first-order valence-electron chi connectivity index (χ1n) is 10.3. The molecule has 0 radical (unpaired) electrons. The number of nitrogens with one attached hydrogen (secondary N) is 1. The molecular formula is C26H18ClFN4O. The van der Waals surface area contributed by atoms with Gasteiger partial charge in [0.25, 0.3) is 0 Å². The number of rotatable bonds is 4. The normalized spacial score (nSPS) is 11.0. The van der Waals surface area contributed by atoms with Gasteiger partial charge in [-0.3, -0.25) is 19.8 Å². The van der Waals surface area contributed by atoms with Crippen molar-refractivity contribution in [3.05, 3.63) is 95.9 Å². The van der Waals surface area contributed by atoms with Crippen LogP contribution in [0.15, 0.2) is 85.1 Å². The molecule has 0 aliphatic carbocycles. The van der Waals surface area contributed by atoms with E-state index in [4.69, 9.17) is 11.6 Å². The topological polar surface area (TPSA) is 61.9 Å². The van der Waals surface area contributed by atoms with Crippen LogP contribution in [-0.4, -0.2) is 21.1 Å². The smallest absolute Gasteiger partial charge is 0.229 e. The standard InChI is InChI=1S/C26H18ClFN4O/c1-16(33)32(20-12-8-18(27)9-13-20)26-24(22-14-15-29-23-5-3-2-4-21(22)23)25(30-31-26)17-6-10-19(28)11-7-17/h2-15H,1H3,(H,30,31). The van der Waals surface area contributed by atoms with Gasteiger partial charge in [0, 0.05) is 29.1 Å². The van der Waals surface area contributed by atoms with Crippen LogP contribution in [0.5, 0.6) is 0 Å². The van der Waals surface area contributed by atoms with Crippen molar-refractivity contribution < 1.29 is 9.18 Å². The highest BCUT2D eigenvalue weighted by molar-refractivity contribution is 6.30. The summed E-state index contributed by atoms with van der Waals surface area (Å²) < 4.78 is 13.6. The zero-order valence-electron chi connectivity index (χ0n) is 17.6. The number of halogens is 2. The van der Waals surface area contributed by atoms with Crippen molar-refractivity contribution in [2.75, 3.05) is 4.90 Å². The van der Waals surface area contributed by atoms with Crippen molar-refractivity contribution in [3.8, 4) is 22.4 Å². The molecule has 162 valence electrons. The number of H-pyrrole nitrogens is 1. The molecule has 1 amide bonds. The number of carbonyl (C=O) groups is 1. The third-order valence-corrected chi connectivity index (χ3v) is 5.66. The molecule has 0 aliphatic heterocycles. The molecule has 0 unspecified atom stereocenters. The van der Waals surface area contributed by atoms with Crippen LogP contribution in [0.3, 0.4) is 0 Å². The van der Waals surface area contributed by atoms with E-state index in [9.17, 15) is 9.18 Å². The lowest BCUT2D eigenvalue weighted by Gasteiger charge is -2.21. The summed E-state index contributed by atoms with van der Waals surface area (Å²) in [5, 5.41) is 9.10. The second-order valence-electron chi connectivity index (χ2n) is 7.51. The molecule has 5 rings (SSSR count). The molecule has 2 aromatic heterocycles. The molecule has 0 aliphatic rings. The maximum atomic E-state index is 13.6. The summed E-state index contributed by atoms with van der Waals surface area (Å²) >= 11 is 6.07. The lowest BCUT2D eigenvalue weighted by atomic mass is 9.97. The number of anilines is 2. The lowest BCUT2D eigenvalue weighted by Crippen LogP contribution is -2.23. The van der Waals surface area contributed by atoms with Gasteiger partial charge in [-0.2, -0.15) is 5.10 Å². The van der Waals surface area contributed by atoms with E-state index >= 15 is 0 Å². The molecule has 7 heteroatoms. The average molecular weight is 457 g/mol. The van der Waals surface area contributed by atoms with Crippen molar-refractivity contribution in [2.45, 2.75) is 6.92 Å². The van der Waals surface area contributed by atoms with E-state index in [0.717, 1.165) is 22.0 Å². The zero-order valence-corrected chi connectivity index (χ0v) is 18.3. The third kappa shape index (κ3) is 3.85. The van der Waals surface area contributed by atoms with Gasteiger partial charge >= 0.3 is 0 Å². The minimum absolute atomic E-state index is 0.214. The number of pyridine rings is 1. The fourth-order valence-corrected chi connectivity index (χ4v) is 4.06. The van der Waals surface area contributed by atoms with Gasteiger partial charge in [0.05, 0.1) is 22.5 Å². The molecule has 5 aromatic rings. The van der Waals surface area contributed by atoms with Crippen molar-refractivity contribution >= 4 is 39.9 Å². The number of aromatic amines is 1. The highest BCUT2D eigenvalue weighted by Crippen LogP contribution is 2.42. The highest BCUT2D eigenvalue weighted by atomic mass is 35.5. The van der Waals surface area contributed by atoms with Crippen LogP contribution in [0, 0.1) is 5.82 Å². The Morgan fingerprint density at radius 2 is 1.70 bits per heavy atom. The van der Waals surface area contributed by atoms with Crippen LogP contribution >= 0.6 is 11.6 Å². The molecule has 0 saturated heterocycles. The van der Waals surface area contributed by atoms with Gasteiger partial charge in [-0.05, 0) is 66.2 Å². The molecule has 5 nitrogen and oxygen atoms in total. The van der Waals surface area contributed by atoms with Gasteiger partial charge in [0.2, 0.25) is 5.91 Å². The summed E-state index contributed by atoms with van der Waals surface area (Å²) in [5.74, 6) is -0.115. The molecule has 3 aromatic carbocycles. The van der Waals surface area contributed by atoms with Gasteiger partial charge in [0.15, 0.2) is 5.82 Å². The average Bonchev–Trinajstić information content (AvgIpc) is 3.24. The second-order valence-corrected chi connectivity index (χ2v) is 7.95. The summed E-state index contributed by atoms with van der Waals surface area (Å²) in [5.41, 5.74) is 4.42. The van der Waals surface area contributed by atoms with Gasteiger partial charge in [-0.1, -0.05) is 29.8 Å².